The molecule has 0 spiro atoms. The summed E-state index contributed by atoms with van der Waals surface area (Å²) in [5.74, 6) is 8.47. The van der Waals surface area contributed by atoms with Gasteiger partial charge in [-0.3, -0.25) is 0 Å². The minimum atomic E-state index is 0.835. The standard InChI is InChI=1S/C9H14N4S/c1-3-5-7-14-8-9-10-11-12-13(9)6-4-2/h4,6-8H2,1-2H3. The zero-order valence-corrected chi connectivity index (χ0v) is 9.34. The third-order valence-corrected chi connectivity index (χ3v) is 2.43. The van der Waals surface area contributed by atoms with Crippen LogP contribution in [-0.4, -0.2) is 26.0 Å². The van der Waals surface area contributed by atoms with E-state index in [9.17, 15) is 0 Å². The summed E-state index contributed by atoms with van der Waals surface area (Å²) < 4.78 is 1.85. The van der Waals surface area contributed by atoms with Crippen molar-refractivity contribution < 1.29 is 0 Å². The van der Waals surface area contributed by atoms with E-state index in [1.165, 1.54) is 0 Å². The molecule has 1 aromatic heterocycles. The van der Waals surface area contributed by atoms with E-state index in [-0.39, 0.29) is 0 Å². The van der Waals surface area contributed by atoms with Crippen LogP contribution >= 0.6 is 11.8 Å². The Morgan fingerprint density at radius 2 is 2.36 bits per heavy atom. The van der Waals surface area contributed by atoms with Gasteiger partial charge in [0.15, 0.2) is 5.82 Å². The lowest BCUT2D eigenvalue weighted by atomic mass is 10.5. The van der Waals surface area contributed by atoms with Crippen molar-refractivity contribution in [3.05, 3.63) is 5.82 Å². The minimum absolute atomic E-state index is 0.835. The molecule has 5 heteroatoms. The van der Waals surface area contributed by atoms with Crippen LogP contribution in [-0.2, 0) is 12.3 Å². The number of nitrogens with zero attached hydrogens (tertiary/aromatic N) is 4. The molecule has 0 aliphatic heterocycles. The largest absolute Gasteiger partial charge is 0.229 e. The maximum atomic E-state index is 3.97. The van der Waals surface area contributed by atoms with E-state index >= 15 is 0 Å². The van der Waals surface area contributed by atoms with Gasteiger partial charge in [-0.25, -0.2) is 4.68 Å². The van der Waals surface area contributed by atoms with Gasteiger partial charge in [-0.2, -0.15) is 0 Å². The molecular formula is C9H14N4S. The Morgan fingerprint density at radius 3 is 3.07 bits per heavy atom. The van der Waals surface area contributed by atoms with Crippen molar-refractivity contribution in [3.8, 4) is 11.8 Å². The molecule has 0 aliphatic carbocycles. The first-order valence-corrected chi connectivity index (χ1v) is 5.76. The lowest BCUT2D eigenvalue weighted by Gasteiger charge is -2.00. The summed E-state index contributed by atoms with van der Waals surface area (Å²) in [6, 6.07) is 0. The number of tetrazole rings is 1. The number of aryl methyl sites for hydroxylation is 1. The first-order valence-electron chi connectivity index (χ1n) is 4.61. The van der Waals surface area contributed by atoms with Crippen LogP contribution in [0, 0.1) is 11.8 Å². The molecule has 0 amide bonds. The van der Waals surface area contributed by atoms with Crippen LogP contribution in [0.1, 0.15) is 26.1 Å². The Hall–Kier alpha value is -1.02. The zero-order valence-electron chi connectivity index (χ0n) is 8.53. The quantitative estimate of drug-likeness (QED) is 0.543. The number of thioether (sulfide) groups is 1. The smallest absolute Gasteiger partial charge is 0.161 e. The fourth-order valence-electron chi connectivity index (χ4n) is 0.978. The summed E-state index contributed by atoms with van der Waals surface area (Å²) in [4.78, 5) is 0. The number of aromatic nitrogens is 4. The molecule has 1 aromatic rings. The molecule has 0 aromatic carbocycles. The molecule has 14 heavy (non-hydrogen) atoms. The Kier molecular flexibility index (Phi) is 5.08. The summed E-state index contributed by atoms with van der Waals surface area (Å²) in [7, 11) is 0. The third kappa shape index (κ3) is 3.38. The number of rotatable bonds is 5. The highest BCUT2D eigenvalue weighted by Crippen LogP contribution is 2.08. The maximum absolute atomic E-state index is 3.97. The SMILES string of the molecule is CC#CCSCc1nnnn1CCC. The van der Waals surface area contributed by atoms with Crippen molar-refractivity contribution >= 4 is 11.8 Å². The first-order chi connectivity index (χ1) is 6.88. The maximum Gasteiger partial charge on any atom is 0.161 e. The van der Waals surface area contributed by atoms with Crippen LogP contribution in [0.4, 0.5) is 0 Å². The molecule has 1 rings (SSSR count). The van der Waals surface area contributed by atoms with Crippen LogP contribution < -0.4 is 0 Å². The van der Waals surface area contributed by atoms with Crippen LogP contribution in [0.15, 0.2) is 0 Å². The van der Waals surface area contributed by atoms with E-state index < -0.39 is 0 Å². The molecule has 0 unspecified atom stereocenters. The predicted molar refractivity (Wildman–Crippen MR) is 57.7 cm³/mol. The normalized spacial score (nSPS) is 9.57. The molecule has 0 aliphatic rings. The summed E-state index contributed by atoms with van der Waals surface area (Å²) in [5, 5.41) is 11.5. The lowest BCUT2D eigenvalue weighted by Crippen LogP contribution is -2.04. The van der Waals surface area contributed by atoms with Gasteiger partial charge in [0, 0.05) is 6.54 Å². The predicted octanol–water partition coefficient (Wildman–Crippen LogP) is 1.34. The molecule has 4 nitrogen and oxygen atoms in total. The Labute approximate surface area is 88.5 Å². The first kappa shape index (κ1) is 11.1. The fourth-order valence-corrected chi connectivity index (χ4v) is 1.72. The summed E-state index contributed by atoms with van der Waals surface area (Å²) >= 11 is 1.74. The van der Waals surface area contributed by atoms with Crippen LogP contribution in [0.3, 0.4) is 0 Å². The summed E-state index contributed by atoms with van der Waals surface area (Å²) in [6.45, 7) is 4.85. The topological polar surface area (TPSA) is 43.6 Å². The van der Waals surface area contributed by atoms with Gasteiger partial charge in [0.2, 0.25) is 0 Å². The molecule has 1 heterocycles. The zero-order chi connectivity index (χ0) is 10.2. The molecule has 0 saturated heterocycles. The Morgan fingerprint density at radius 1 is 1.50 bits per heavy atom. The van der Waals surface area contributed by atoms with E-state index in [1.54, 1.807) is 11.8 Å². The van der Waals surface area contributed by atoms with Crippen LogP contribution in [0.2, 0.25) is 0 Å². The monoisotopic (exact) mass is 210 g/mol. The highest BCUT2D eigenvalue weighted by molar-refractivity contribution is 7.98. The second-order valence-corrected chi connectivity index (χ2v) is 3.72. The average Bonchev–Trinajstić information content (AvgIpc) is 2.61. The van der Waals surface area contributed by atoms with Crippen molar-refractivity contribution in [1.29, 1.82) is 0 Å². The number of hydrogen-bond acceptors (Lipinski definition) is 4. The van der Waals surface area contributed by atoms with Crippen molar-refractivity contribution in [2.75, 3.05) is 5.75 Å². The van der Waals surface area contributed by atoms with E-state index in [4.69, 9.17) is 0 Å². The van der Waals surface area contributed by atoms with Crippen molar-refractivity contribution in [3.63, 3.8) is 0 Å². The van der Waals surface area contributed by atoms with Crippen LogP contribution in [0.25, 0.3) is 0 Å². The van der Waals surface area contributed by atoms with Gasteiger partial charge in [0.05, 0.1) is 11.5 Å². The lowest BCUT2D eigenvalue weighted by molar-refractivity contribution is 0.564. The Bertz CT molecular complexity index is 323. The van der Waals surface area contributed by atoms with E-state index in [1.807, 2.05) is 11.6 Å². The molecule has 0 bridgehead atoms. The average molecular weight is 210 g/mol. The van der Waals surface area contributed by atoms with Gasteiger partial charge < -0.3 is 0 Å². The molecule has 0 atom stereocenters. The second kappa shape index (κ2) is 6.44. The van der Waals surface area contributed by atoms with Gasteiger partial charge in [0.25, 0.3) is 0 Å². The van der Waals surface area contributed by atoms with Crippen molar-refractivity contribution in [2.45, 2.75) is 32.6 Å². The molecular weight excluding hydrogens is 196 g/mol. The second-order valence-electron chi connectivity index (χ2n) is 2.74. The minimum Gasteiger partial charge on any atom is -0.229 e. The van der Waals surface area contributed by atoms with E-state index in [0.29, 0.717) is 0 Å². The molecule has 0 radical (unpaired) electrons. The van der Waals surface area contributed by atoms with Crippen LogP contribution in [0.5, 0.6) is 0 Å². The highest BCUT2D eigenvalue weighted by atomic mass is 32.2. The van der Waals surface area contributed by atoms with Crippen molar-refractivity contribution in [2.24, 2.45) is 0 Å². The van der Waals surface area contributed by atoms with Gasteiger partial charge in [-0.15, -0.1) is 22.8 Å². The Balaban J connectivity index is 2.39. The number of hydrogen-bond donors (Lipinski definition) is 0. The molecule has 0 N–H and O–H groups in total. The fraction of sp³-hybridized carbons (Fsp3) is 0.667. The molecule has 0 fully saturated rings. The van der Waals surface area contributed by atoms with Gasteiger partial charge in [-0.05, 0) is 23.8 Å². The molecule has 76 valence electrons. The summed E-state index contributed by atoms with van der Waals surface area (Å²) in [6.07, 6.45) is 1.05. The van der Waals surface area contributed by atoms with Gasteiger partial charge in [0.1, 0.15) is 0 Å². The summed E-state index contributed by atoms with van der Waals surface area (Å²) in [5.41, 5.74) is 0. The van der Waals surface area contributed by atoms with E-state index in [0.717, 1.165) is 30.3 Å². The van der Waals surface area contributed by atoms with Crippen molar-refractivity contribution in [1.82, 2.24) is 20.2 Å². The highest BCUT2D eigenvalue weighted by Gasteiger charge is 2.03. The van der Waals surface area contributed by atoms with E-state index in [2.05, 4.69) is 34.3 Å². The van der Waals surface area contributed by atoms with Gasteiger partial charge in [-0.1, -0.05) is 12.8 Å². The third-order valence-electron chi connectivity index (χ3n) is 1.62. The molecule has 0 saturated carbocycles. The van der Waals surface area contributed by atoms with Gasteiger partial charge >= 0.3 is 0 Å².